The molecule has 0 unspecified atom stereocenters. The Kier molecular flexibility index (Phi) is 12.6. The fraction of sp³-hybridized carbons (Fsp3) is 0.375. The van der Waals surface area contributed by atoms with Crippen molar-refractivity contribution in [2.75, 3.05) is 0 Å². The molecule has 1 aromatic rings. The van der Waals surface area contributed by atoms with Crippen molar-refractivity contribution in [3.05, 3.63) is 47.4 Å². The molecule has 0 saturated carbocycles. The van der Waals surface area contributed by atoms with Gasteiger partial charge in [0.25, 0.3) is 0 Å². The van der Waals surface area contributed by atoms with E-state index >= 15 is 0 Å². The highest BCUT2D eigenvalue weighted by molar-refractivity contribution is 5.32. The second-order valence-corrected chi connectivity index (χ2v) is 3.03. The molecule has 0 saturated heterocycles. The van der Waals surface area contributed by atoms with Gasteiger partial charge in [-0.1, -0.05) is 56.7 Å². The SMILES string of the molecule is C/C=c1/ccc(C)c/c1=C/CC.C=C.CC. The van der Waals surface area contributed by atoms with E-state index in [1.807, 2.05) is 13.8 Å². The Morgan fingerprint density at radius 3 is 2.12 bits per heavy atom. The first-order valence-electron chi connectivity index (χ1n) is 6.01. The van der Waals surface area contributed by atoms with Crippen molar-refractivity contribution in [3.63, 3.8) is 0 Å². The monoisotopic (exact) mass is 218 g/mol. The van der Waals surface area contributed by atoms with E-state index in [9.17, 15) is 0 Å². The van der Waals surface area contributed by atoms with Gasteiger partial charge in [0.2, 0.25) is 0 Å². The van der Waals surface area contributed by atoms with Crippen LogP contribution in [0.25, 0.3) is 12.2 Å². The van der Waals surface area contributed by atoms with Crippen LogP contribution < -0.4 is 10.4 Å². The summed E-state index contributed by atoms with van der Waals surface area (Å²) in [7, 11) is 0. The third kappa shape index (κ3) is 6.23. The summed E-state index contributed by atoms with van der Waals surface area (Å²) in [6.45, 7) is 16.4. The zero-order valence-electron chi connectivity index (χ0n) is 11.5. The predicted octanol–water partition coefficient (Wildman–Crippen LogP) is 3.81. The number of hydrogen-bond donors (Lipinski definition) is 0. The molecule has 0 nitrogen and oxygen atoms in total. The van der Waals surface area contributed by atoms with Gasteiger partial charge in [-0.2, -0.15) is 0 Å². The third-order valence-electron chi connectivity index (χ3n) is 1.98. The Hall–Kier alpha value is -1.30. The maximum Gasteiger partial charge on any atom is -0.0225 e. The van der Waals surface area contributed by atoms with Gasteiger partial charge in [0.15, 0.2) is 0 Å². The molecule has 0 heterocycles. The first kappa shape index (κ1) is 17.1. The number of hydrogen-bond acceptors (Lipinski definition) is 0. The van der Waals surface area contributed by atoms with Gasteiger partial charge >= 0.3 is 0 Å². The Labute approximate surface area is 101 Å². The molecule has 1 aromatic carbocycles. The Morgan fingerprint density at radius 2 is 1.69 bits per heavy atom. The first-order valence-corrected chi connectivity index (χ1v) is 6.01. The largest absolute Gasteiger partial charge is 0.106 e. The molecule has 0 radical (unpaired) electrons. The summed E-state index contributed by atoms with van der Waals surface area (Å²) in [6, 6.07) is 6.57. The summed E-state index contributed by atoms with van der Waals surface area (Å²) < 4.78 is 0. The van der Waals surface area contributed by atoms with Crippen molar-refractivity contribution in [2.24, 2.45) is 0 Å². The van der Waals surface area contributed by atoms with Gasteiger partial charge in [-0.15, -0.1) is 13.2 Å². The van der Waals surface area contributed by atoms with Crippen LogP contribution in [0.15, 0.2) is 31.4 Å². The van der Waals surface area contributed by atoms with E-state index in [1.54, 1.807) is 0 Å². The van der Waals surface area contributed by atoms with Crippen LogP contribution in [0.3, 0.4) is 0 Å². The van der Waals surface area contributed by atoms with Crippen molar-refractivity contribution in [1.82, 2.24) is 0 Å². The summed E-state index contributed by atoms with van der Waals surface area (Å²) in [5.41, 5.74) is 1.33. The van der Waals surface area contributed by atoms with Gasteiger partial charge in [0.1, 0.15) is 0 Å². The molecule has 16 heavy (non-hydrogen) atoms. The maximum atomic E-state index is 3.00. The summed E-state index contributed by atoms with van der Waals surface area (Å²) in [5, 5.41) is 2.70. The summed E-state index contributed by atoms with van der Waals surface area (Å²) in [5.74, 6) is 0. The summed E-state index contributed by atoms with van der Waals surface area (Å²) >= 11 is 0. The van der Waals surface area contributed by atoms with Crippen molar-refractivity contribution >= 4 is 12.2 Å². The van der Waals surface area contributed by atoms with E-state index in [-0.39, 0.29) is 0 Å². The second-order valence-electron chi connectivity index (χ2n) is 3.03. The van der Waals surface area contributed by atoms with E-state index in [2.05, 4.69) is 64.3 Å². The van der Waals surface area contributed by atoms with Gasteiger partial charge in [-0.05, 0) is 30.7 Å². The number of benzene rings is 1. The topological polar surface area (TPSA) is 0 Å². The van der Waals surface area contributed by atoms with Crippen LogP contribution in [0.1, 0.15) is 39.7 Å². The molecule has 0 amide bonds. The summed E-state index contributed by atoms with van der Waals surface area (Å²) in [4.78, 5) is 0. The number of aryl methyl sites for hydroxylation is 1. The fourth-order valence-electron chi connectivity index (χ4n) is 1.35. The Balaban J connectivity index is 0. The lowest BCUT2D eigenvalue weighted by atomic mass is 10.1. The van der Waals surface area contributed by atoms with Gasteiger partial charge in [-0.3, -0.25) is 0 Å². The van der Waals surface area contributed by atoms with Crippen LogP contribution in [0.2, 0.25) is 0 Å². The van der Waals surface area contributed by atoms with Crippen LogP contribution >= 0.6 is 0 Å². The molecular formula is C16H26. The van der Waals surface area contributed by atoms with Gasteiger partial charge < -0.3 is 0 Å². The van der Waals surface area contributed by atoms with E-state index in [4.69, 9.17) is 0 Å². The molecule has 0 heteroatoms. The predicted molar refractivity (Wildman–Crippen MR) is 77.9 cm³/mol. The minimum Gasteiger partial charge on any atom is -0.106 e. The lowest BCUT2D eigenvalue weighted by Gasteiger charge is -1.93. The lowest BCUT2D eigenvalue weighted by Crippen LogP contribution is -2.23. The van der Waals surface area contributed by atoms with Gasteiger partial charge in [0.05, 0.1) is 0 Å². The Morgan fingerprint density at radius 1 is 1.12 bits per heavy atom. The molecule has 0 spiro atoms. The number of rotatable bonds is 1. The average molecular weight is 218 g/mol. The van der Waals surface area contributed by atoms with Crippen LogP contribution in [0.4, 0.5) is 0 Å². The minimum absolute atomic E-state index is 1.10. The Bertz CT molecular complexity index is 372. The third-order valence-corrected chi connectivity index (χ3v) is 1.98. The highest BCUT2D eigenvalue weighted by Crippen LogP contribution is 1.87. The lowest BCUT2D eigenvalue weighted by molar-refractivity contribution is 1.27. The van der Waals surface area contributed by atoms with E-state index < -0.39 is 0 Å². The zero-order chi connectivity index (χ0) is 13.0. The zero-order valence-corrected chi connectivity index (χ0v) is 11.5. The fourth-order valence-corrected chi connectivity index (χ4v) is 1.35. The molecule has 0 atom stereocenters. The quantitative estimate of drug-likeness (QED) is 0.629. The van der Waals surface area contributed by atoms with E-state index in [0.29, 0.717) is 0 Å². The molecule has 90 valence electrons. The molecule has 0 aliphatic carbocycles. The van der Waals surface area contributed by atoms with Crippen LogP contribution in [-0.4, -0.2) is 0 Å². The van der Waals surface area contributed by atoms with Gasteiger partial charge in [0, 0.05) is 0 Å². The molecular weight excluding hydrogens is 192 g/mol. The molecule has 0 bridgehead atoms. The van der Waals surface area contributed by atoms with Crippen LogP contribution in [0.5, 0.6) is 0 Å². The highest BCUT2D eigenvalue weighted by Gasteiger charge is 1.84. The average Bonchev–Trinajstić information content (AvgIpc) is 2.35. The van der Waals surface area contributed by atoms with Gasteiger partial charge in [-0.25, -0.2) is 0 Å². The van der Waals surface area contributed by atoms with Crippen LogP contribution in [-0.2, 0) is 0 Å². The molecule has 0 N–H and O–H groups in total. The molecule has 1 rings (SSSR count). The normalized spacial score (nSPS) is 11.1. The molecule has 0 fully saturated rings. The maximum absolute atomic E-state index is 3.00. The van der Waals surface area contributed by atoms with Crippen LogP contribution in [0, 0.1) is 6.92 Å². The second kappa shape index (κ2) is 11.8. The smallest absolute Gasteiger partial charge is 0.0225 e. The molecule has 0 aliphatic rings. The van der Waals surface area contributed by atoms with E-state index in [0.717, 1.165) is 6.42 Å². The van der Waals surface area contributed by atoms with Crippen molar-refractivity contribution < 1.29 is 0 Å². The van der Waals surface area contributed by atoms with Crippen molar-refractivity contribution in [3.8, 4) is 0 Å². The first-order chi connectivity index (χ1) is 7.77. The molecule has 0 aromatic heterocycles. The molecule has 0 aliphatic heterocycles. The van der Waals surface area contributed by atoms with E-state index in [1.165, 1.54) is 16.0 Å². The van der Waals surface area contributed by atoms with Crippen molar-refractivity contribution in [1.29, 1.82) is 0 Å². The highest BCUT2D eigenvalue weighted by atomic mass is 13.9. The standard InChI is InChI=1S/C12H16.C2H6.C2H4/c1-4-6-12-9-10(3)7-8-11(12)5-2;2*1-2/h5-9H,4H2,1-3H3;1-2H3;1-2H2/b11-5-,12-6-;;. The summed E-state index contributed by atoms with van der Waals surface area (Å²) in [6.07, 6.45) is 5.52. The van der Waals surface area contributed by atoms with Crippen molar-refractivity contribution in [2.45, 2.75) is 41.0 Å². The minimum atomic E-state index is 1.10.